The molecule has 0 fully saturated rings. The first-order chi connectivity index (χ1) is 13.3. The standard InChI is InChI=1S/C25H50O2.K/c1-2-3-4-5-6-7-8-9-10-11-12-13-14-15-16-17-18-19-20-21-22-23-24-25(26)27;/h2-24H2,1H3,(H,26,27);/q;+1/p-1. The Labute approximate surface area is 219 Å². The third kappa shape index (κ3) is 29.3. The smallest absolute Gasteiger partial charge is 0.550 e. The molecule has 0 spiro atoms. The predicted molar refractivity (Wildman–Crippen MR) is 117 cm³/mol. The molecule has 0 aliphatic carbocycles. The fourth-order valence-electron chi connectivity index (χ4n) is 3.88. The van der Waals surface area contributed by atoms with E-state index in [-0.39, 0.29) is 57.8 Å². The van der Waals surface area contributed by atoms with Crippen LogP contribution >= 0.6 is 0 Å². The van der Waals surface area contributed by atoms with Gasteiger partial charge in [0.2, 0.25) is 0 Å². The molecule has 0 aromatic heterocycles. The summed E-state index contributed by atoms with van der Waals surface area (Å²) < 4.78 is 0. The summed E-state index contributed by atoms with van der Waals surface area (Å²) in [5.74, 6) is -0.900. The molecule has 0 aliphatic heterocycles. The van der Waals surface area contributed by atoms with Gasteiger partial charge in [-0.2, -0.15) is 0 Å². The van der Waals surface area contributed by atoms with Crippen LogP contribution in [0.25, 0.3) is 0 Å². The second-order valence-corrected chi connectivity index (χ2v) is 8.55. The molecule has 0 saturated heterocycles. The minimum absolute atomic E-state index is 0. The van der Waals surface area contributed by atoms with Gasteiger partial charge < -0.3 is 9.90 Å². The molecule has 0 aliphatic rings. The second kappa shape index (κ2) is 28.1. The van der Waals surface area contributed by atoms with Crippen molar-refractivity contribution in [3.8, 4) is 0 Å². The molecule has 162 valence electrons. The van der Waals surface area contributed by atoms with Crippen molar-refractivity contribution in [3.63, 3.8) is 0 Å². The van der Waals surface area contributed by atoms with Gasteiger partial charge in [0.25, 0.3) is 0 Å². The summed E-state index contributed by atoms with van der Waals surface area (Å²) in [6.07, 6.45) is 30.2. The zero-order valence-corrected chi connectivity index (χ0v) is 22.7. The van der Waals surface area contributed by atoms with E-state index in [1.165, 1.54) is 128 Å². The minimum atomic E-state index is -0.900. The van der Waals surface area contributed by atoms with E-state index < -0.39 is 5.97 Å². The summed E-state index contributed by atoms with van der Waals surface area (Å²) in [6, 6.07) is 0. The summed E-state index contributed by atoms with van der Waals surface area (Å²) in [7, 11) is 0. The Morgan fingerprint density at radius 2 is 0.679 bits per heavy atom. The normalized spacial score (nSPS) is 10.8. The topological polar surface area (TPSA) is 40.1 Å². The molecule has 0 bridgehead atoms. The average Bonchev–Trinajstić information content (AvgIpc) is 2.65. The molecule has 0 radical (unpaired) electrons. The molecule has 0 rings (SSSR count). The predicted octanol–water partition coefficient (Wildman–Crippen LogP) is 4.73. The maximum atomic E-state index is 10.3. The first-order valence-corrected chi connectivity index (χ1v) is 12.5. The fraction of sp³-hybridized carbons (Fsp3) is 0.960. The van der Waals surface area contributed by atoms with Crippen molar-refractivity contribution in [2.45, 2.75) is 155 Å². The summed E-state index contributed by atoms with van der Waals surface area (Å²) in [6.45, 7) is 2.29. The second-order valence-electron chi connectivity index (χ2n) is 8.55. The van der Waals surface area contributed by atoms with Gasteiger partial charge in [0, 0.05) is 5.97 Å². The van der Waals surface area contributed by atoms with E-state index in [9.17, 15) is 9.90 Å². The van der Waals surface area contributed by atoms with Gasteiger partial charge in [-0.25, -0.2) is 0 Å². The SMILES string of the molecule is CCCCCCCCCCCCCCCCCCCCCCCCC(=O)[O-].[K+]. The van der Waals surface area contributed by atoms with Crippen LogP contribution in [0.2, 0.25) is 0 Å². The number of aliphatic carboxylic acids is 1. The summed E-state index contributed by atoms with van der Waals surface area (Å²) in [5.41, 5.74) is 0. The number of hydrogen-bond acceptors (Lipinski definition) is 2. The van der Waals surface area contributed by atoms with E-state index in [1.54, 1.807) is 0 Å². The van der Waals surface area contributed by atoms with Crippen molar-refractivity contribution in [2.75, 3.05) is 0 Å². The van der Waals surface area contributed by atoms with Gasteiger partial charge >= 0.3 is 51.4 Å². The number of carbonyl (C=O) groups excluding carboxylic acids is 1. The molecular formula is C25H49KO2. The monoisotopic (exact) mass is 420 g/mol. The van der Waals surface area contributed by atoms with Gasteiger partial charge in [-0.15, -0.1) is 0 Å². The zero-order valence-electron chi connectivity index (χ0n) is 19.6. The Kier molecular flexibility index (Phi) is 31.4. The first kappa shape index (κ1) is 31.3. The van der Waals surface area contributed by atoms with Crippen LogP contribution in [0.5, 0.6) is 0 Å². The van der Waals surface area contributed by atoms with Crippen LogP contribution in [-0.4, -0.2) is 5.97 Å². The third-order valence-corrected chi connectivity index (χ3v) is 5.73. The molecule has 0 saturated carbocycles. The molecule has 0 amide bonds. The maximum Gasteiger partial charge on any atom is 1.00 e. The number of unbranched alkanes of at least 4 members (excludes halogenated alkanes) is 21. The molecular weight excluding hydrogens is 371 g/mol. The van der Waals surface area contributed by atoms with Gasteiger partial charge in [-0.1, -0.05) is 142 Å². The summed E-state index contributed by atoms with van der Waals surface area (Å²) in [4.78, 5) is 10.3. The largest absolute Gasteiger partial charge is 1.00 e. The summed E-state index contributed by atoms with van der Waals surface area (Å²) >= 11 is 0. The van der Waals surface area contributed by atoms with Gasteiger partial charge in [0.05, 0.1) is 0 Å². The van der Waals surface area contributed by atoms with Gasteiger partial charge in [-0.3, -0.25) is 0 Å². The number of carbonyl (C=O) groups is 1. The Balaban J connectivity index is 0. The van der Waals surface area contributed by atoms with E-state index in [2.05, 4.69) is 6.92 Å². The fourth-order valence-corrected chi connectivity index (χ4v) is 3.88. The molecule has 0 aromatic rings. The summed E-state index contributed by atoms with van der Waals surface area (Å²) in [5, 5.41) is 10.3. The van der Waals surface area contributed by atoms with Gasteiger partial charge in [0.1, 0.15) is 0 Å². The van der Waals surface area contributed by atoms with Crippen LogP contribution in [0.3, 0.4) is 0 Å². The van der Waals surface area contributed by atoms with Crippen LogP contribution in [0.1, 0.15) is 155 Å². The zero-order chi connectivity index (χ0) is 19.8. The quantitative estimate of drug-likeness (QED) is 0.177. The Morgan fingerprint density at radius 1 is 0.464 bits per heavy atom. The number of rotatable bonds is 23. The molecule has 28 heavy (non-hydrogen) atoms. The van der Waals surface area contributed by atoms with Crippen molar-refractivity contribution in [1.29, 1.82) is 0 Å². The van der Waals surface area contributed by atoms with Crippen molar-refractivity contribution >= 4 is 5.97 Å². The van der Waals surface area contributed by atoms with Crippen LogP contribution < -0.4 is 56.5 Å². The van der Waals surface area contributed by atoms with Crippen molar-refractivity contribution in [1.82, 2.24) is 0 Å². The Bertz CT molecular complexity index is 294. The van der Waals surface area contributed by atoms with Crippen LogP contribution in [0.4, 0.5) is 0 Å². The Hall–Kier alpha value is 1.11. The van der Waals surface area contributed by atoms with E-state index in [0.717, 1.165) is 12.8 Å². The van der Waals surface area contributed by atoms with E-state index in [0.29, 0.717) is 0 Å². The number of hydrogen-bond donors (Lipinski definition) is 0. The van der Waals surface area contributed by atoms with Crippen molar-refractivity contribution in [3.05, 3.63) is 0 Å². The van der Waals surface area contributed by atoms with Crippen LogP contribution in [0.15, 0.2) is 0 Å². The molecule has 0 atom stereocenters. The van der Waals surface area contributed by atoms with E-state index in [4.69, 9.17) is 0 Å². The number of carboxylic acids is 1. The average molecular weight is 421 g/mol. The molecule has 2 nitrogen and oxygen atoms in total. The van der Waals surface area contributed by atoms with E-state index >= 15 is 0 Å². The minimum Gasteiger partial charge on any atom is -0.550 e. The van der Waals surface area contributed by atoms with Crippen molar-refractivity contribution in [2.24, 2.45) is 0 Å². The van der Waals surface area contributed by atoms with E-state index in [1.807, 2.05) is 0 Å². The number of carboxylic acid groups (broad SMARTS) is 1. The molecule has 3 heteroatoms. The third-order valence-electron chi connectivity index (χ3n) is 5.73. The molecule has 0 N–H and O–H groups in total. The van der Waals surface area contributed by atoms with Gasteiger partial charge in [-0.05, 0) is 12.8 Å². The van der Waals surface area contributed by atoms with Crippen LogP contribution in [0, 0.1) is 0 Å². The first-order valence-electron chi connectivity index (χ1n) is 12.5. The maximum absolute atomic E-state index is 10.3. The Morgan fingerprint density at radius 3 is 0.893 bits per heavy atom. The molecule has 0 aromatic carbocycles. The molecule has 0 heterocycles. The van der Waals surface area contributed by atoms with Crippen molar-refractivity contribution < 1.29 is 61.3 Å². The van der Waals surface area contributed by atoms with Gasteiger partial charge in [0.15, 0.2) is 0 Å². The van der Waals surface area contributed by atoms with Crippen LogP contribution in [-0.2, 0) is 4.79 Å². The molecule has 0 unspecified atom stereocenters.